The molecule has 63 heavy (non-hydrogen) atoms. The van der Waals surface area contributed by atoms with Crippen LogP contribution in [0.2, 0.25) is 0 Å². The summed E-state index contributed by atoms with van der Waals surface area (Å²) in [5.74, 6) is -0.195. The van der Waals surface area contributed by atoms with Gasteiger partial charge in [0.05, 0.1) is 25.4 Å². The number of allylic oxidation sites excluding steroid dienone is 17. The van der Waals surface area contributed by atoms with E-state index >= 15 is 0 Å². The third kappa shape index (κ3) is 33.1. The van der Waals surface area contributed by atoms with Crippen molar-refractivity contribution in [1.29, 1.82) is 0 Å². The molecule has 1 saturated heterocycles. The second-order valence-electron chi connectivity index (χ2n) is 16.5. The molecule has 9 heteroatoms. The van der Waals surface area contributed by atoms with Crippen LogP contribution in [0.5, 0.6) is 0 Å². The molecule has 1 amide bonds. The predicted octanol–water partition coefficient (Wildman–Crippen LogP) is 11.1. The van der Waals surface area contributed by atoms with Crippen molar-refractivity contribution in [2.45, 2.75) is 211 Å². The molecule has 9 nitrogen and oxygen atoms in total. The van der Waals surface area contributed by atoms with E-state index in [1.807, 2.05) is 6.08 Å². The molecule has 7 unspecified atom stereocenters. The Balaban J connectivity index is 2.09. The van der Waals surface area contributed by atoms with E-state index in [0.29, 0.717) is 6.42 Å². The first-order valence-corrected chi connectivity index (χ1v) is 24.6. The summed E-state index contributed by atoms with van der Waals surface area (Å²) >= 11 is 0. The number of aliphatic hydroxyl groups excluding tert-OH is 5. The van der Waals surface area contributed by atoms with Gasteiger partial charge >= 0.3 is 0 Å². The zero-order chi connectivity index (χ0) is 45.9. The zero-order valence-electron chi connectivity index (χ0n) is 39.3. The van der Waals surface area contributed by atoms with Gasteiger partial charge in [-0.1, -0.05) is 187 Å². The van der Waals surface area contributed by atoms with Crippen LogP contribution in [-0.4, -0.2) is 87.5 Å². The topological polar surface area (TPSA) is 149 Å². The first kappa shape index (κ1) is 57.9. The Labute approximate surface area is 383 Å². The highest BCUT2D eigenvalue weighted by Crippen LogP contribution is 2.22. The minimum atomic E-state index is -1.57. The fourth-order valence-electron chi connectivity index (χ4n) is 6.93. The Kier molecular flexibility index (Phi) is 39.3. The molecule has 0 aromatic carbocycles. The number of nitrogens with one attached hydrogen (secondary N) is 1. The lowest BCUT2D eigenvalue weighted by molar-refractivity contribution is -0.302. The molecule has 1 rings (SSSR count). The Morgan fingerprint density at radius 3 is 1.46 bits per heavy atom. The molecular formula is C54H89NO8. The molecule has 0 saturated carbocycles. The highest BCUT2D eigenvalue weighted by molar-refractivity contribution is 5.76. The van der Waals surface area contributed by atoms with Crippen molar-refractivity contribution in [2.24, 2.45) is 0 Å². The van der Waals surface area contributed by atoms with Gasteiger partial charge in [0.2, 0.25) is 5.91 Å². The molecule has 1 fully saturated rings. The molecule has 0 aromatic rings. The number of hydrogen-bond donors (Lipinski definition) is 6. The van der Waals surface area contributed by atoms with Crippen LogP contribution in [0.1, 0.15) is 168 Å². The highest BCUT2D eigenvalue weighted by atomic mass is 16.7. The van der Waals surface area contributed by atoms with Crippen LogP contribution in [0, 0.1) is 0 Å². The van der Waals surface area contributed by atoms with Gasteiger partial charge in [0.25, 0.3) is 0 Å². The average Bonchev–Trinajstić information content (AvgIpc) is 3.28. The maximum Gasteiger partial charge on any atom is 0.220 e. The van der Waals surface area contributed by atoms with Gasteiger partial charge < -0.3 is 40.3 Å². The predicted molar refractivity (Wildman–Crippen MR) is 262 cm³/mol. The number of carbonyl (C=O) groups is 1. The summed E-state index contributed by atoms with van der Waals surface area (Å²) in [4.78, 5) is 12.9. The van der Waals surface area contributed by atoms with E-state index in [4.69, 9.17) is 9.47 Å². The van der Waals surface area contributed by atoms with E-state index in [1.54, 1.807) is 6.08 Å². The normalized spacial score (nSPS) is 21.2. The van der Waals surface area contributed by atoms with Crippen LogP contribution in [-0.2, 0) is 14.3 Å². The number of carbonyl (C=O) groups excluding carboxylic acids is 1. The average molecular weight is 880 g/mol. The van der Waals surface area contributed by atoms with Crippen LogP contribution >= 0.6 is 0 Å². The van der Waals surface area contributed by atoms with Gasteiger partial charge in [-0.05, 0) is 83.5 Å². The van der Waals surface area contributed by atoms with Crippen LogP contribution in [0.3, 0.4) is 0 Å². The van der Waals surface area contributed by atoms with Crippen molar-refractivity contribution in [3.05, 3.63) is 109 Å². The van der Waals surface area contributed by atoms with Crippen molar-refractivity contribution in [3.63, 3.8) is 0 Å². The summed E-state index contributed by atoms with van der Waals surface area (Å²) < 4.78 is 11.1. The van der Waals surface area contributed by atoms with E-state index in [9.17, 15) is 30.3 Å². The van der Waals surface area contributed by atoms with E-state index in [-0.39, 0.29) is 12.5 Å². The number of unbranched alkanes of at least 4 members (excludes halogenated alkanes) is 13. The molecule has 0 aliphatic carbocycles. The highest BCUT2D eigenvalue weighted by Gasteiger charge is 2.44. The van der Waals surface area contributed by atoms with E-state index in [1.165, 1.54) is 38.5 Å². The fraction of sp³-hybridized carbons (Fsp3) is 0.648. The first-order chi connectivity index (χ1) is 30.8. The van der Waals surface area contributed by atoms with E-state index < -0.39 is 49.5 Å². The minimum Gasteiger partial charge on any atom is -0.394 e. The third-order valence-corrected chi connectivity index (χ3v) is 10.9. The number of ether oxygens (including phenoxy) is 2. The summed E-state index contributed by atoms with van der Waals surface area (Å²) in [6.45, 7) is 3.51. The molecule has 1 aliphatic heterocycles. The zero-order valence-corrected chi connectivity index (χ0v) is 39.3. The second-order valence-corrected chi connectivity index (χ2v) is 16.5. The molecule has 358 valence electrons. The summed E-state index contributed by atoms with van der Waals surface area (Å²) in [5.41, 5.74) is 0. The number of rotatable bonds is 39. The van der Waals surface area contributed by atoms with Gasteiger partial charge in [0.15, 0.2) is 6.29 Å². The molecule has 0 bridgehead atoms. The van der Waals surface area contributed by atoms with Gasteiger partial charge in [0, 0.05) is 6.42 Å². The molecule has 1 aliphatic rings. The summed E-state index contributed by atoms with van der Waals surface area (Å²) in [5, 5.41) is 53.7. The Bertz CT molecular complexity index is 1340. The lowest BCUT2D eigenvalue weighted by Gasteiger charge is -2.40. The fourth-order valence-corrected chi connectivity index (χ4v) is 6.93. The minimum absolute atomic E-state index is 0.195. The van der Waals surface area contributed by atoms with Gasteiger partial charge in [-0.15, -0.1) is 0 Å². The largest absolute Gasteiger partial charge is 0.394 e. The number of hydrogen-bond acceptors (Lipinski definition) is 8. The van der Waals surface area contributed by atoms with Gasteiger partial charge in [-0.25, -0.2) is 0 Å². The van der Waals surface area contributed by atoms with Crippen molar-refractivity contribution in [2.75, 3.05) is 13.2 Å². The summed E-state index contributed by atoms with van der Waals surface area (Å²) in [7, 11) is 0. The van der Waals surface area contributed by atoms with Crippen LogP contribution in [0.25, 0.3) is 0 Å². The van der Waals surface area contributed by atoms with E-state index in [2.05, 4.69) is 116 Å². The number of aliphatic hydroxyl groups is 5. The molecule has 0 aromatic heterocycles. The Morgan fingerprint density at radius 2 is 0.984 bits per heavy atom. The van der Waals surface area contributed by atoms with Crippen LogP contribution in [0.4, 0.5) is 0 Å². The first-order valence-electron chi connectivity index (χ1n) is 24.6. The molecule has 6 N–H and O–H groups in total. The Morgan fingerprint density at radius 1 is 0.556 bits per heavy atom. The third-order valence-electron chi connectivity index (χ3n) is 10.9. The molecule has 7 atom stereocenters. The SMILES string of the molecule is CC/C=C\C/C=C\C/C=C\C/C=C\C/C=C\C/C=C\C/C=C\C/C=C\CCCCCCCCCCCCC(=O)NC(COC1OC(CO)C(O)C(O)C1O)C(O)/C=C/CCCCC. The molecule has 0 radical (unpaired) electrons. The van der Waals surface area contributed by atoms with Crippen molar-refractivity contribution in [1.82, 2.24) is 5.32 Å². The lowest BCUT2D eigenvalue weighted by Crippen LogP contribution is -2.60. The Hall–Kier alpha value is -3.15. The standard InChI is InChI=1S/C54H89NO8/c1-3-5-7-9-10-11-12-13-14-15-16-17-18-19-20-21-22-23-24-25-26-27-28-29-30-31-32-33-34-35-36-37-38-40-42-44-50(58)55-47(48(57)43-41-39-8-6-4-2)46-62-54-53(61)52(60)51(59)49(45-56)63-54/h5,7,10-11,13-14,16-17,19-20,22-23,25-26,28-29,41,43,47-49,51-54,56-57,59-61H,3-4,6,8-9,12,15,18,21,24,27,30-40,42,44-46H2,1-2H3,(H,55,58)/b7-5-,11-10-,14-13-,17-16-,20-19-,23-22-,26-25-,29-28-,43-41+. The molecule has 0 spiro atoms. The van der Waals surface area contributed by atoms with Crippen molar-refractivity contribution in [3.8, 4) is 0 Å². The van der Waals surface area contributed by atoms with Gasteiger partial charge in [0.1, 0.15) is 24.4 Å². The van der Waals surface area contributed by atoms with Gasteiger partial charge in [-0.2, -0.15) is 0 Å². The van der Waals surface area contributed by atoms with Gasteiger partial charge in [-0.3, -0.25) is 4.79 Å². The maximum atomic E-state index is 12.9. The number of amides is 1. The summed E-state index contributed by atoms with van der Waals surface area (Å²) in [6.07, 6.45) is 56.3. The van der Waals surface area contributed by atoms with Crippen LogP contribution < -0.4 is 5.32 Å². The monoisotopic (exact) mass is 880 g/mol. The second kappa shape index (κ2) is 42.8. The molecular weight excluding hydrogens is 791 g/mol. The molecule has 1 heterocycles. The summed E-state index contributed by atoms with van der Waals surface area (Å²) in [6, 6.07) is -0.810. The smallest absolute Gasteiger partial charge is 0.220 e. The van der Waals surface area contributed by atoms with Crippen molar-refractivity contribution >= 4 is 5.91 Å². The van der Waals surface area contributed by atoms with Crippen LogP contribution in [0.15, 0.2) is 109 Å². The van der Waals surface area contributed by atoms with E-state index in [0.717, 1.165) is 109 Å². The maximum absolute atomic E-state index is 12.9. The quantitative estimate of drug-likeness (QED) is 0.0264. The van der Waals surface area contributed by atoms with Crippen molar-refractivity contribution < 1.29 is 39.8 Å². The lowest BCUT2D eigenvalue weighted by atomic mass is 9.99.